The molecule has 0 aromatic heterocycles. The van der Waals surface area contributed by atoms with Crippen molar-refractivity contribution in [2.75, 3.05) is 5.32 Å². The Balaban J connectivity index is 3.49. The van der Waals surface area contributed by atoms with Crippen LogP contribution in [0, 0.1) is 0 Å². The third-order valence-electron chi connectivity index (χ3n) is 3.31. The lowest BCUT2D eigenvalue weighted by atomic mass is 9.87. The molecular formula is C16H24NO. The molecule has 0 spiro atoms. The SMILES string of the molecule is CC(C)c1cc(C(C)C)c(N[C]=O)c(C(C)C)c1. The van der Waals surface area contributed by atoms with Crippen molar-refractivity contribution < 1.29 is 4.79 Å². The van der Waals surface area contributed by atoms with Gasteiger partial charge in [0.25, 0.3) is 0 Å². The van der Waals surface area contributed by atoms with E-state index in [1.54, 1.807) is 0 Å². The van der Waals surface area contributed by atoms with Crippen LogP contribution in [0.5, 0.6) is 0 Å². The highest BCUT2D eigenvalue weighted by Gasteiger charge is 2.16. The van der Waals surface area contributed by atoms with Gasteiger partial charge in [-0.1, -0.05) is 53.7 Å². The summed E-state index contributed by atoms with van der Waals surface area (Å²) < 4.78 is 0. The number of anilines is 1. The van der Waals surface area contributed by atoms with Crippen molar-refractivity contribution in [3.05, 3.63) is 28.8 Å². The molecule has 0 aliphatic rings. The van der Waals surface area contributed by atoms with Crippen LogP contribution in [0.3, 0.4) is 0 Å². The molecule has 0 aliphatic carbocycles. The average molecular weight is 246 g/mol. The Morgan fingerprint density at radius 2 is 1.33 bits per heavy atom. The molecule has 0 unspecified atom stereocenters. The molecule has 2 nitrogen and oxygen atoms in total. The zero-order chi connectivity index (χ0) is 13.9. The third-order valence-corrected chi connectivity index (χ3v) is 3.31. The lowest BCUT2D eigenvalue weighted by Crippen LogP contribution is -2.07. The van der Waals surface area contributed by atoms with Gasteiger partial charge in [0.05, 0.1) is 0 Å². The second-order valence-electron chi connectivity index (χ2n) is 5.77. The summed E-state index contributed by atoms with van der Waals surface area (Å²) >= 11 is 0. The van der Waals surface area contributed by atoms with Gasteiger partial charge in [-0.2, -0.15) is 0 Å². The minimum absolute atomic E-state index is 0.386. The summed E-state index contributed by atoms with van der Waals surface area (Å²) in [5.74, 6) is 1.27. The molecule has 1 rings (SSSR count). The molecule has 1 N–H and O–H groups in total. The molecular weight excluding hydrogens is 222 g/mol. The average Bonchev–Trinajstić information content (AvgIpc) is 2.28. The molecule has 1 aromatic carbocycles. The number of hydrogen-bond donors (Lipinski definition) is 1. The van der Waals surface area contributed by atoms with Crippen LogP contribution in [-0.4, -0.2) is 6.41 Å². The van der Waals surface area contributed by atoms with E-state index in [4.69, 9.17) is 0 Å². The van der Waals surface area contributed by atoms with Crippen molar-refractivity contribution in [2.24, 2.45) is 0 Å². The Bertz CT molecular complexity index is 390. The standard InChI is InChI=1S/C16H24NO/c1-10(2)13-7-14(11(3)4)16(17-9-18)15(8-13)12(5)6/h7-8,10-12H,1-6H3,(H,17,18). The van der Waals surface area contributed by atoms with Gasteiger partial charge in [-0.15, -0.1) is 0 Å². The van der Waals surface area contributed by atoms with Crippen LogP contribution in [0.2, 0.25) is 0 Å². The van der Waals surface area contributed by atoms with E-state index in [9.17, 15) is 4.79 Å². The summed E-state index contributed by atoms with van der Waals surface area (Å²) in [5.41, 5.74) is 4.68. The summed E-state index contributed by atoms with van der Waals surface area (Å²) in [6, 6.07) is 4.42. The van der Waals surface area contributed by atoms with Gasteiger partial charge in [0.2, 0.25) is 0 Å². The van der Waals surface area contributed by atoms with Crippen molar-refractivity contribution in [3.8, 4) is 0 Å². The van der Waals surface area contributed by atoms with Crippen LogP contribution >= 0.6 is 0 Å². The van der Waals surface area contributed by atoms with Gasteiger partial charge in [-0.25, -0.2) is 0 Å². The first-order valence-corrected chi connectivity index (χ1v) is 6.69. The Labute approximate surface area is 111 Å². The van der Waals surface area contributed by atoms with Crippen molar-refractivity contribution in [1.82, 2.24) is 0 Å². The van der Waals surface area contributed by atoms with E-state index in [2.05, 4.69) is 59.0 Å². The van der Waals surface area contributed by atoms with E-state index in [0.717, 1.165) is 5.69 Å². The fourth-order valence-electron chi connectivity index (χ4n) is 2.15. The minimum atomic E-state index is 0.386. The molecule has 0 saturated carbocycles. The molecule has 2 heteroatoms. The van der Waals surface area contributed by atoms with E-state index in [1.807, 2.05) is 6.41 Å². The summed E-state index contributed by atoms with van der Waals surface area (Å²) in [6.45, 7) is 13.0. The predicted molar refractivity (Wildman–Crippen MR) is 78.0 cm³/mol. The second-order valence-corrected chi connectivity index (χ2v) is 5.77. The van der Waals surface area contributed by atoms with Gasteiger partial charge in [-0.05, 0) is 34.4 Å². The van der Waals surface area contributed by atoms with Gasteiger partial charge in [0.1, 0.15) is 0 Å². The van der Waals surface area contributed by atoms with Crippen LogP contribution < -0.4 is 5.32 Å². The van der Waals surface area contributed by atoms with Crippen LogP contribution in [0.15, 0.2) is 12.1 Å². The topological polar surface area (TPSA) is 29.1 Å². The van der Waals surface area contributed by atoms with Crippen molar-refractivity contribution in [2.45, 2.75) is 59.3 Å². The number of benzene rings is 1. The van der Waals surface area contributed by atoms with Crippen LogP contribution in [0.25, 0.3) is 0 Å². The molecule has 0 saturated heterocycles. The molecule has 1 radical (unpaired) electrons. The van der Waals surface area contributed by atoms with Crippen LogP contribution in [-0.2, 0) is 4.79 Å². The summed E-state index contributed by atoms with van der Waals surface area (Å²) in [7, 11) is 0. The number of nitrogens with one attached hydrogen (secondary N) is 1. The first-order valence-electron chi connectivity index (χ1n) is 6.69. The maximum Gasteiger partial charge on any atom is 0.314 e. The molecule has 0 aliphatic heterocycles. The molecule has 0 bridgehead atoms. The summed E-state index contributed by atoms with van der Waals surface area (Å²) in [5, 5.41) is 2.77. The maximum atomic E-state index is 10.7. The Morgan fingerprint density at radius 1 is 0.889 bits per heavy atom. The van der Waals surface area contributed by atoms with Crippen molar-refractivity contribution in [1.29, 1.82) is 0 Å². The van der Waals surface area contributed by atoms with E-state index < -0.39 is 0 Å². The normalized spacial score (nSPS) is 11.4. The Morgan fingerprint density at radius 3 is 1.61 bits per heavy atom. The quantitative estimate of drug-likeness (QED) is 0.759. The summed E-state index contributed by atoms with van der Waals surface area (Å²) in [4.78, 5) is 10.7. The predicted octanol–water partition coefficient (Wildman–Crippen LogP) is 4.54. The number of hydrogen-bond acceptors (Lipinski definition) is 1. The van der Waals surface area contributed by atoms with Gasteiger partial charge < -0.3 is 5.32 Å². The second kappa shape index (κ2) is 6.03. The summed E-state index contributed by atoms with van der Waals surface area (Å²) in [6.07, 6.45) is 1.82. The van der Waals surface area contributed by atoms with E-state index in [-0.39, 0.29) is 0 Å². The zero-order valence-corrected chi connectivity index (χ0v) is 12.3. The van der Waals surface area contributed by atoms with E-state index in [1.165, 1.54) is 16.7 Å². The Hall–Kier alpha value is -1.31. The first-order chi connectivity index (χ1) is 8.38. The highest BCUT2D eigenvalue weighted by atomic mass is 16.1. The van der Waals surface area contributed by atoms with Gasteiger partial charge in [0, 0.05) is 5.69 Å². The largest absolute Gasteiger partial charge is 0.317 e. The zero-order valence-electron chi connectivity index (χ0n) is 12.3. The van der Waals surface area contributed by atoms with Crippen LogP contribution in [0.1, 0.15) is 76.0 Å². The fraction of sp³-hybridized carbons (Fsp3) is 0.562. The number of carbonyl (C=O) groups excluding carboxylic acids is 1. The molecule has 18 heavy (non-hydrogen) atoms. The lowest BCUT2D eigenvalue weighted by Gasteiger charge is -2.21. The first kappa shape index (κ1) is 14.7. The van der Waals surface area contributed by atoms with Crippen molar-refractivity contribution in [3.63, 3.8) is 0 Å². The molecule has 1 aromatic rings. The Kier molecular flexibility index (Phi) is 4.94. The van der Waals surface area contributed by atoms with Gasteiger partial charge in [-0.3, -0.25) is 4.79 Å². The minimum Gasteiger partial charge on any atom is -0.317 e. The molecule has 0 heterocycles. The van der Waals surface area contributed by atoms with Gasteiger partial charge >= 0.3 is 6.41 Å². The molecule has 99 valence electrons. The number of rotatable bonds is 5. The van der Waals surface area contributed by atoms with Gasteiger partial charge in [0.15, 0.2) is 0 Å². The molecule has 0 atom stereocenters. The monoisotopic (exact) mass is 246 g/mol. The lowest BCUT2D eigenvalue weighted by molar-refractivity contribution is 0.560. The highest BCUT2D eigenvalue weighted by Crippen LogP contribution is 2.35. The van der Waals surface area contributed by atoms with Crippen molar-refractivity contribution >= 4 is 12.1 Å². The highest BCUT2D eigenvalue weighted by molar-refractivity contribution is 5.77. The number of amides is 1. The van der Waals surface area contributed by atoms with E-state index >= 15 is 0 Å². The maximum absolute atomic E-state index is 10.7. The molecule has 1 amide bonds. The fourth-order valence-corrected chi connectivity index (χ4v) is 2.15. The van der Waals surface area contributed by atoms with Crippen LogP contribution in [0.4, 0.5) is 5.69 Å². The third kappa shape index (κ3) is 3.12. The van der Waals surface area contributed by atoms with E-state index in [0.29, 0.717) is 17.8 Å². The molecule has 0 fully saturated rings. The smallest absolute Gasteiger partial charge is 0.314 e.